The lowest BCUT2D eigenvalue weighted by atomic mass is 9.93. The highest BCUT2D eigenvalue weighted by molar-refractivity contribution is 7.22. The molecular weight excluding hydrogens is 340 g/mol. The average Bonchev–Trinajstić information content (AvgIpc) is 2.94. The molecule has 0 amide bonds. The molecule has 0 spiro atoms. The van der Waals surface area contributed by atoms with Crippen molar-refractivity contribution in [3.63, 3.8) is 0 Å². The summed E-state index contributed by atoms with van der Waals surface area (Å²) in [6.07, 6.45) is 3.76. The molecule has 3 aromatic rings. The van der Waals surface area contributed by atoms with Crippen LogP contribution in [0.5, 0.6) is 0 Å². The second-order valence-corrected chi connectivity index (χ2v) is 9.29. The fraction of sp³-hybridized carbons (Fsp3) is 0.429. The first-order valence-electron chi connectivity index (χ1n) is 9.31. The molecule has 0 unspecified atom stereocenters. The number of hydrogen-bond donors (Lipinski definition) is 2. The van der Waals surface area contributed by atoms with Gasteiger partial charge in [0, 0.05) is 16.5 Å². The quantitative estimate of drug-likeness (QED) is 0.609. The van der Waals surface area contributed by atoms with E-state index in [1.165, 1.54) is 35.3 Å². The molecule has 1 aliphatic rings. The Bertz CT molecular complexity index is 918. The van der Waals surface area contributed by atoms with E-state index in [9.17, 15) is 0 Å². The molecule has 1 fully saturated rings. The van der Waals surface area contributed by atoms with Crippen molar-refractivity contribution < 1.29 is 0 Å². The molecule has 136 valence electrons. The minimum Gasteiger partial charge on any atom is -0.366 e. The van der Waals surface area contributed by atoms with Gasteiger partial charge < -0.3 is 10.6 Å². The number of nitrogens with one attached hydrogen (secondary N) is 2. The number of rotatable bonds is 4. The highest BCUT2D eigenvalue weighted by Crippen LogP contribution is 2.38. The monoisotopic (exact) mass is 366 g/mol. The van der Waals surface area contributed by atoms with E-state index in [-0.39, 0.29) is 5.54 Å². The van der Waals surface area contributed by atoms with Crippen molar-refractivity contribution in [2.45, 2.75) is 58.5 Å². The van der Waals surface area contributed by atoms with Crippen molar-refractivity contribution in [2.24, 2.45) is 0 Å². The van der Waals surface area contributed by atoms with Crippen LogP contribution in [0.4, 0.5) is 11.8 Å². The van der Waals surface area contributed by atoms with Gasteiger partial charge in [-0.25, -0.2) is 4.98 Å². The lowest BCUT2D eigenvalue weighted by Gasteiger charge is -2.27. The van der Waals surface area contributed by atoms with Crippen molar-refractivity contribution in [1.82, 2.24) is 9.97 Å². The van der Waals surface area contributed by atoms with Crippen LogP contribution in [-0.2, 0) is 0 Å². The van der Waals surface area contributed by atoms with Gasteiger partial charge in [0.15, 0.2) is 0 Å². The topological polar surface area (TPSA) is 49.8 Å². The summed E-state index contributed by atoms with van der Waals surface area (Å²) >= 11 is 1.77. The maximum absolute atomic E-state index is 4.81. The van der Waals surface area contributed by atoms with Crippen molar-refractivity contribution in [2.75, 3.05) is 10.6 Å². The minimum atomic E-state index is -0.0722. The number of aromatic nitrogens is 2. The van der Waals surface area contributed by atoms with E-state index >= 15 is 0 Å². The Hall–Kier alpha value is -2.14. The van der Waals surface area contributed by atoms with Crippen LogP contribution in [0.15, 0.2) is 30.3 Å². The van der Waals surface area contributed by atoms with Crippen LogP contribution in [0.1, 0.15) is 45.6 Å². The van der Waals surface area contributed by atoms with Gasteiger partial charge >= 0.3 is 0 Å². The number of fused-ring (bicyclic) bond motifs is 1. The predicted octanol–water partition coefficient (Wildman–Crippen LogP) is 5.84. The predicted molar refractivity (Wildman–Crippen MR) is 112 cm³/mol. The van der Waals surface area contributed by atoms with Gasteiger partial charge in [-0.15, -0.1) is 11.3 Å². The number of anilines is 2. The minimum absolute atomic E-state index is 0.0722. The van der Waals surface area contributed by atoms with Gasteiger partial charge in [-0.3, -0.25) is 0 Å². The Labute approximate surface area is 159 Å². The Morgan fingerprint density at radius 1 is 1.08 bits per heavy atom. The highest BCUT2D eigenvalue weighted by atomic mass is 32.1. The summed E-state index contributed by atoms with van der Waals surface area (Å²) in [5.41, 5.74) is 3.45. The maximum atomic E-state index is 4.81. The smallest absolute Gasteiger partial charge is 0.225 e. The number of hydrogen-bond acceptors (Lipinski definition) is 5. The Morgan fingerprint density at radius 2 is 1.81 bits per heavy atom. The van der Waals surface area contributed by atoms with Crippen LogP contribution < -0.4 is 10.6 Å². The average molecular weight is 367 g/mol. The van der Waals surface area contributed by atoms with E-state index in [2.05, 4.69) is 68.7 Å². The molecule has 0 bridgehead atoms. The van der Waals surface area contributed by atoms with Crippen molar-refractivity contribution in [3.05, 3.63) is 35.9 Å². The molecule has 5 heteroatoms. The summed E-state index contributed by atoms with van der Waals surface area (Å²) < 4.78 is 1.15. The molecule has 0 atom stereocenters. The first kappa shape index (κ1) is 17.3. The third kappa shape index (κ3) is 3.68. The molecule has 4 nitrogen and oxygen atoms in total. The molecular formula is C21H26N4S. The van der Waals surface area contributed by atoms with E-state index in [0.717, 1.165) is 16.0 Å². The highest BCUT2D eigenvalue weighted by Gasteiger charge is 2.21. The largest absolute Gasteiger partial charge is 0.366 e. The molecule has 0 saturated heterocycles. The van der Waals surface area contributed by atoms with Gasteiger partial charge in [-0.05, 0) is 58.6 Å². The Kier molecular flexibility index (Phi) is 4.35. The van der Waals surface area contributed by atoms with Crippen LogP contribution in [0.25, 0.3) is 20.7 Å². The number of benzene rings is 1. The van der Waals surface area contributed by atoms with E-state index in [1.54, 1.807) is 11.3 Å². The van der Waals surface area contributed by atoms with Crippen LogP contribution in [0.2, 0.25) is 0 Å². The molecule has 1 aliphatic carbocycles. The third-order valence-electron chi connectivity index (χ3n) is 4.64. The fourth-order valence-electron chi connectivity index (χ4n) is 3.03. The summed E-state index contributed by atoms with van der Waals surface area (Å²) in [5.74, 6) is 1.66. The lowest BCUT2D eigenvalue weighted by molar-refractivity contribution is 0.445. The van der Waals surface area contributed by atoms with Gasteiger partial charge in [-0.2, -0.15) is 4.98 Å². The first-order chi connectivity index (χ1) is 12.4. The van der Waals surface area contributed by atoms with E-state index in [0.29, 0.717) is 12.0 Å². The molecule has 26 heavy (non-hydrogen) atoms. The summed E-state index contributed by atoms with van der Waals surface area (Å²) in [6.45, 7) is 8.51. The van der Waals surface area contributed by atoms with Crippen molar-refractivity contribution in [1.29, 1.82) is 0 Å². The van der Waals surface area contributed by atoms with Crippen LogP contribution in [0, 0.1) is 6.92 Å². The maximum Gasteiger partial charge on any atom is 0.225 e. The SMILES string of the molecule is Cc1ccc(-c2cc3nc(NC(C)(C)C)nc(NC4CCC4)c3s2)cc1. The summed E-state index contributed by atoms with van der Waals surface area (Å²) in [5, 5.41) is 7.06. The summed E-state index contributed by atoms with van der Waals surface area (Å²) in [7, 11) is 0. The first-order valence-corrected chi connectivity index (χ1v) is 10.1. The zero-order chi connectivity index (χ0) is 18.3. The zero-order valence-electron chi connectivity index (χ0n) is 15.9. The Balaban J connectivity index is 1.77. The lowest BCUT2D eigenvalue weighted by Crippen LogP contribution is -2.29. The molecule has 2 heterocycles. The van der Waals surface area contributed by atoms with Crippen LogP contribution in [-0.4, -0.2) is 21.5 Å². The molecule has 0 radical (unpaired) electrons. The van der Waals surface area contributed by atoms with E-state index in [4.69, 9.17) is 9.97 Å². The van der Waals surface area contributed by atoms with Crippen LogP contribution in [0.3, 0.4) is 0 Å². The second-order valence-electron chi connectivity index (χ2n) is 8.23. The second kappa shape index (κ2) is 6.54. The summed E-state index contributed by atoms with van der Waals surface area (Å²) in [4.78, 5) is 10.8. The molecule has 2 aromatic heterocycles. The molecule has 2 N–H and O–H groups in total. The standard InChI is InChI=1S/C21H26N4S/c1-13-8-10-14(11-9-13)17-12-16-18(26-17)19(22-15-6-5-7-15)24-20(23-16)25-21(2,3)4/h8-12,15H,5-7H2,1-4H3,(H2,22,23,24,25). The number of aryl methyl sites for hydroxylation is 1. The summed E-state index contributed by atoms with van der Waals surface area (Å²) in [6, 6.07) is 11.4. The zero-order valence-corrected chi connectivity index (χ0v) is 16.7. The molecule has 1 aromatic carbocycles. The van der Waals surface area contributed by atoms with Gasteiger partial charge in [0.2, 0.25) is 5.95 Å². The fourth-order valence-corrected chi connectivity index (χ4v) is 4.08. The van der Waals surface area contributed by atoms with E-state index in [1.807, 2.05) is 0 Å². The van der Waals surface area contributed by atoms with Crippen LogP contribution >= 0.6 is 11.3 Å². The molecule has 4 rings (SSSR count). The van der Waals surface area contributed by atoms with Crippen molar-refractivity contribution >= 4 is 33.3 Å². The van der Waals surface area contributed by atoms with Gasteiger partial charge in [0.25, 0.3) is 0 Å². The molecule has 0 aliphatic heterocycles. The normalized spacial score (nSPS) is 15.1. The Morgan fingerprint density at radius 3 is 2.42 bits per heavy atom. The van der Waals surface area contributed by atoms with Crippen molar-refractivity contribution in [3.8, 4) is 10.4 Å². The number of nitrogens with zero attached hydrogens (tertiary/aromatic N) is 2. The van der Waals surface area contributed by atoms with E-state index < -0.39 is 0 Å². The third-order valence-corrected chi connectivity index (χ3v) is 5.82. The number of thiophene rings is 1. The van der Waals surface area contributed by atoms with Gasteiger partial charge in [0.1, 0.15) is 5.82 Å². The molecule has 1 saturated carbocycles. The van der Waals surface area contributed by atoms with Gasteiger partial charge in [-0.1, -0.05) is 29.8 Å². The van der Waals surface area contributed by atoms with Gasteiger partial charge in [0.05, 0.1) is 10.2 Å².